The monoisotopic (exact) mass is 859 g/mol. The van der Waals surface area contributed by atoms with E-state index in [9.17, 15) is 19.2 Å². The fourth-order valence-corrected chi connectivity index (χ4v) is 6.62. The van der Waals surface area contributed by atoms with Crippen LogP contribution in [0.25, 0.3) is 22.1 Å². The average molecular weight is 860 g/mol. The predicted molar refractivity (Wildman–Crippen MR) is 244 cm³/mol. The van der Waals surface area contributed by atoms with Crippen LogP contribution in [-0.4, -0.2) is 85.9 Å². The van der Waals surface area contributed by atoms with E-state index in [1.807, 2.05) is 54.8 Å². The fourth-order valence-electron chi connectivity index (χ4n) is 6.62. The first-order valence-electron chi connectivity index (χ1n) is 20.0. The smallest absolute Gasteiger partial charge is 0.276 e. The molecule has 0 radical (unpaired) electrons. The number of primary amides is 2. The molecule has 0 atom stereocenters. The number of carbonyl (C=O) groups excluding carboxylic acids is 4. The van der Waals surface area contributed by atoms with Gasteiger partial charge in [0.1, 0.15) is 33.9 Å². The Balaban J connectivity index is 0.000000658. The summed E-state index contributed by atoms with van der Waals surface area (Å²) >= 11 is 0. The lowest BCUT2D eigenvalue weighted by molar-refractivity contribution is -0.110. The molecule has 19 heteroatoms. The number of nitrogens with zero attached hydrogens (tertiary/aromatic N) is 7. The number of nitrogens with one attached hydrogen (secondary N) is 2. The van der Waals surface area contributed by atoms with Crippen LogP contribution in [0.4, 0.5) is 17.6 Å². The van der Waals surface area contributed by atoms with Gasteiger partial charge >= 0.3 is 0 Å². The maximum atomic E-state index is 13.4. The van der Waals surface area contributed by atoms with Crippen LogP contribution in [0.5, 0.6) is 11.5 Å². The van der Waals surface area contributed by atoms with Crippen molar-refractivity contribution in [3.8, 4) is 11.5 Å². The molecule has 0 aliphatic carbocycles. The molecule has 6 rings (SSSR count). The molecule has 6 aromatic rings. The number of amides is 3. The molecule has 0 saturated carbocycles. The van der Waals surface area contributed by atoms with E-state index in [0.717, 1.165) is 24.1 Å². The lowest BCUT2D eigenvalue weighted by Gasteiger charge is -2.13. The number of nitrogens with two attached hydrogens (primary N) is 4. The average Bonchev–Trinajstić information content (AvgIpc) is 3.93. The highest BCUT2D eigenvalue weighted by atomic mass is 16.5. The number of hydrogen-bond acceptors (Lipinski definition) is 13. The van der Waals surface area contributed by atoms with Crippen molar-refractivity contribution in [3.63, 3.8) is 0 Å². The highest BCUT2D eigenvalue weighted by molar-refractivity contribution is 6.47. The Morgan fingerprint density at radius 1 is 0.857 bits per heavy atom. The van der Waals surface area contributed by atoms with E-state index in [2.05, 4.69) is 25.7 Å². The Hall–Kier alpha value is -7.96. The number of fused-ring (bicyclic) bond motifs is 2. The van der Waals surface area contributed by atoms with Crippen molar-refractivity contribution in [2.24, 2.45) is 22.2 Å². The van der Waals surface area contributed by atoms with Gasteiger partial charge in [0.25, 0.3) is 5.91 Å². The summed E-state index contributed by atoms with van der Waals surface area (Å²) < 4.78 is 17.2. The SMILES string of the molecule is CCN=C(/C=C(/C)N)C(=O)Nc1nc2cc(C(N)=O)cc(OC)c2n1C/C=C/Cn1c(NC)nc2cc(C(N)=O)cc(OCCc3ccc(N)cc3)c21.CCn1nc(C)cc1C=O. The zero-order chi connectivity index (χ0) is 45.8. The summed E-state index contributed by atoms with van der Waals surface area (Å²) in [7, 11) is 3.21. The number of aldehydes is 1. The van der Waals surface area contributed by atoms with Crippen molar-refractivity contribution in [1.82, 2.24) is 28.9 Å². The zero-order valence-electron chi connectivity index (χ0n) is 36.1. The summed E-state index contributed by atoms with van der Waals surface area (Å²) in [6, 6.07) is 15.6. The molecule has 3 aromatic heterocycles. The Bertz CT molecular complexity index is 2720. The van der Waals surface area contributed by atoms with Crippen molar-refractivity contribution < 1.29 is 28.7 Å². The molecule has 0 bridgehead atoms. The molecule has 3 amide bonds. The van der Waals surface area contributed by atoms with E-state index in [1.165, 1.54) is 25.3 Å². The largest absolute Gasteiger partial charge is 0.494 e. The van der Waals surface area contributed by atoms with Gasteiger partial charge in [-0.1, -0.05) is 24.3 Å². The van der Waals surface area contributed by atoms with E-state index in [0.29, 0.717) is 82.7 Å². The lowest BCUT2D eigenvalue weighted by Crippen LogP contribution is -2.24. The number of imidazole rings is 2. The number of aliphatic imine (C=N–C) groups is 1. The number of aromatic nitrogens is 6. The Labute approximate surface area is 363 Å². The molecule has 3 heterocycles. The maximum Gasteiger partial charge on any atom is 0.276 e. The second-order valence-corrected chi connectivity index (χ2v) is 14.1. The first-order valence-corrected chi connectivity index (χ1v) is 20.0. The van der Waals surface area contributed by atoms with Gasteiger partial charge in [0.05, 0.1) is 30.4 Å². The third kappa shape index (κ3) is 11.3. The third-order valence-corrected chi connectivity index (χ3v) is 9.50. The van der Waals surface area contributed by atoms with Crippen LogP contribution in [0, 0.1) is 6.92 Å². The summed E-state index contributed by atoms with van der Waals surface area (Å²) in [5.41, 5.74) is 29.3. The van der Waals surface area contributed by atoms with Crippen LogP contribution in [0.3, 0.4) is 0 Å². The summed E-state index contributed by atoms with van der Waals surface area (Å²) in [6.45, 7) is 9.29. The highest BCUT2D eigenvalue weighted by Crippen LogP contribution is 2.33. The minimum absolute atomic E-state index is 0.129. The Kier molecular flexibility index (Phi) is 15.4. The van der Waals surface area contributed by atoms with Gasteiger partial charge in [-0.05, 0) is 81.8 Å². The number of ether oxygens (including phenoxy) is 2. The van der Waals surface area contributed by atoms with E-state index in [1.54, 1.807) is 48.3 Å². The Morgan fingerprint density at radius 2 is 1.44 bits per heavy atom. The second-order valence-electron chi connectivity index (χ2n) is 14.1. The minimum atomic E-state index is -0.657. The molecule has 19 nitrogen and oxygen atoms in total. The molecule has 3 aromatic carbocycles. The number of rotatable bonds is 18. The van der Waals surface area contributed by atoms with Crippen molar-refractivity contribution in [1.29, 1.82) is 0 Å². The van der Waals surface area contributed by atoms with Gasteiger partial charge < -0.3 is 46.9 Å². The van der Waals surface area contributed by atoms with Crippen molar-refractivity contribution in [3.05, 3.63) is 107 Å². The number of nitrogen functional groups attached to an aromatic ring is 1. The minimum Gasteiger partial charge on any atom is -0.494 e. The summed E-state index contributed by atoms with van der Waals surface area (Å²) in [4.78, 5) is 61.6. The maximum absolute atomic E-state index is 13.4. The zero-order valence-corrected chi connectivity index (χ0v) is 36.1. The molecule has 0 unspecified atom stereocenters. The first-order chi connectivity index (χ1) is 30.2. The third-order valence-electron chi connectivity index (χ3n) is 9.50. The van der Waals surface area contributed by atoms with Crippen molar-refractivity contribution >= 4 is 69.4 Å². The van der Waals surface area contributed by atoms with Gasteiger partial charge in [0.2, 0.25) is 23.7 Å². The molecule has 0 saturated heterocycles. The number of hydrogen-bond donors (Lipinski definition) is 6. The Morgan fingerprint density at radius 3 is 1.97 bits per heavy atom. The van der Waals surface area contributed by atoms with Crippen molar-refractivity contribution in [2.45, 2.75) is 53.8 Å². The molecular formula is C44H53N13O6. The van der Waals surface area contributed by atoms with Crippen LogP contribution in [0.2, 0.25) is 0 Å². The molecule has 0 aliphatic rings. The normalized spacial score (nSPS) is 11.7. The van der Waals surface area contributed by atoms with Gasteiger partial charge in [-0.15, -0.1) is 0 Å². The molecular weight excluding hydrogens is 807 g/mol. The quantitative estimate of drug-likeness (QED) is 0.0304. The molecule has 0 spiro atoms. The second kappa shape index (κ2) is 21.0. The molecule has 330 valence electrons. The van der Waals surface area contributed by atoms with E-state index in [4.69, 9.17) is 37.4 Å². The number of benzene rings is 3. The topological polar surface area (TPSA) is 281 Å². The molecule has 10 N–H and O–H groups in total. The van der Waals surface area contributed by atoms with E-state index in [-0.39, 0.29) is 29.3 Å². The standard InChI is InChI=1S/C37H43N11O5.C7H10N2O/c1-5-43-28(16-21(2)38)35(51)46-37-45-26-17-23(33(40)49)19-29(52-4)31(26)48(37)14-7-6-13-47-32-27(44-36(47)42-3)18-24(34(41)50)20-30(32)53-15-12-22-8-10-25(39)11-9-22;1-3-9-7(5-10)4-6(2)8-9/h6-11,16-20H,5,12-15,38-39H2,1-4H3,(H2,40,49)(H2,41,50)(H,42,44)(H,45,46,51);4-5H,3H2,1-2H3/b7-6+,21-16-,43-28?;. The van der Waals surface area contributed by atoms with Crippen LogP contribution in [0.1, 0.15) is 63.2 Å². The number of anilines is 3. The number of carbonyl (C=O) groups is 4. The molecule has 63 heavy (non-hydrogen) atoms. The van der Waals surface area contributed by atoms with Crippen LogP contribution in [-0.2, 0) is 30.8 Å². The van der Waals surface area contributed by atoms with Gasteiger partial charge in [-0.25, -0.2) is 9.97 Å². The first kappa shape index (κ1) is 46.1. The fraction of sp³-hybridized carbons (Fsp3) is 0.273. The van der Waals surface area contributed by atoms with E-state index >= 15 is 0 Å². The van der Waals surface area contributed by atoms with Gasteiger partial charge in [0.15, 0.2) is 6.29 Å². The van der Waals surface area contributed by atoms with E-state index < -0.39 is 17.7 Å². The predicted octanol–water partition coefficient (Wildman–Crippen LogP) is 4.38. The van der Waals surface area contributed by atoms with Crippen molar-refractivity contribution in [2.75, 3.05) is 43.7 Å². The summed E-state index contributed by atoms with van der Waals surface area (Å²) in [5.74, 6) is -0.289. The summed E-state index contributed by atoms with van der Waals surface area (Å²) in [5, 5.41) is 10.0. The number of methoxy groups -OCH3 is 1. The van der Waals surface area contributed by atoms with Crippen LogP contribution in [0.15, 0.2) is 83.5 Å². The summed E-state index contributed by atoms with van der Waals surface area (Å²) in [6.07, 6.45) is 6.70. The van der Waals surface area contributed by atoms with Crippen LogP contribution < -0.4 is 43.0 Å². The van der Waals surface area contributed by atoms with Gasteiger partial charge in [-0.2, -0.15) is 5.10 Å². The lowest BCUT2D eigenvalue weighted by atomic mass is 10.1. The molecule has 0 fully saturated rings. The highest BCUT2D eigenvalue weighted by Gasteiger charge is 2.21. The van der Waals surface area contributed by atoms with Crippen LogP contribution >= 0.6 is 0 Å². The number of aryl methyl sites for hydroxylation is 2. The van der Waals surface area contributed by atoms with Gasteiger partial charge in [-0.3, -0.25) is 34.2 Å². The van der Waals surface area contributed by atoms with Gasteiger partial charge in [0, 0.05) is 62.2 Å². The number of allylic oxidation sites excluding steroid dienone is 3. The molecule has 0 aliphatic heterocycles.